The second kappa shape index (κ2) is 7.48. The van der Waals surface area contributed by atoms with Crippen molar-refractivity contribution in [1.82, 2.24) is 10.3 Å². The van der Waals surface area contributed by atoms with Gasteiger partial charge >= 0.3 is 5.97 Å². The van der Waals surface area contributed by atoms with Gasteiger partial charge in [-0.25, -0.2) is 4.98 Å². The Bertz CT molecular complexity index is 1230. The SMILES string of the molecule is N#Cc1nc(C(=O)NCC(=O)O)c(O)c2cc(Oc3ccc4c(c3)OCO4)ccc12. The molecule has 3 N–H and O–H groups in total. The third-order valence-corrected chi connectivity index (χ3v) is 4.25. The molecule has 30 heavy (non-hydrogen) atoms. The number of rotatable bonds is 5. The number of nitriles is 1. The van der Waals surface area contributed by atoms with E-state index in [1.807, 2.05) is 6.07 Å². The number of carboxylic acid groups (broad SMARTS) is 1. The van der Waals surface area contributed by atoms with Gasteiger partial charge in [-0.1, -0.05) is 0 Å². The third kappa shape index (κ3) is 3.47. The highest BCUT2D eigenvalue weighted by molar-refractivity contribution is 6.04. The summed E-state index contributed by atoms with van der Waals surface area (Å²) in [5, 5.41) is 31.2. The number of ether oxygens (including phenoxy) is 3. The average molecular weight is 407 g/mol. The van der Waals surface area contributed by atoms with Crippen LogP contribution in [0.2, 0.25) is 0 Å². The number of nitrogens with zero attached hydrogens (tertiary/aromatic N) is 2. The summed E-state index contributed by atoms with van der Waals surface area (Å²) in [6.45, 7) is -0.535. The summed E-state index contributed by atoms with van der Waals surface area (Å²) >= 11 is 0. The molecule has 0 aliphatic carbocycles. The van der Waals surface area contributed by atoms with Gasteiger partial charge in [0.2, 0.25) is 6.79 Å². The van der Waals surface area contributed by atoms with Crippen molar-refractivity contribution in [3.05, 3.63) is 47.8 Å². The summed E-state index contributed by atoms with van der Waals surface area (Å²) in [6, 6.07) is 11.4. The van der Waals surface area contributed by atoms with E-state index in [9.17, 15) is 20.0 Å². The van der Waals surface area contributed by atoms with E-state index >= 15 is 0 Å². The van der Waals surface area contributed by atoms with Gasteiger partial charge in [-0.2, -0.15) is 5.26 Å². The average Bonchev–Trinajstić information content (AvgIpc) is 3.20. The van der Waals surface area contributed by atoms with E-state index in [1.165, 1.54) is 12.1 Å². The quantitative estimate of drug-likeness (QED) is 0.578. The minimum atomic E-state index is -1.26. The molecule has 150 valence electrons. The van der Waals surface area contributed by atoms with E-state index in [2.05, 4.69) is 10.3 Å². The van der Waals surface area contributed by atoms with Crippen LogP contribution in [-0.4, -0.2) is 40.4 Å². The van der Waals surface area contributed by atoms with E-state index in [0.717, 1.165) is 0 Å². The number of carbonyl (C=O) groups is 2. The number of carboxylic acids is 1. The molecule has 10 nitrogen and oxygen atoms in total. The van der Waals surface area contributed by atoms with Gasteiger partial charge in [0.05, 0.1) is 0 Å². The maximum absolute atomic E-state index is 12.2. The van der Waals surface area contributed by atoms with Crippen LogP contribution >= 0.6 is 0 Å². The summed E-state index contributed by atoms with van der Waals surface area (Å²) in [4.78, 5) is 26.7. The first-order valence-corrected chi connectivity index (χ1v) is 8.60. The van der Waals surface area contributed by atoms with Crippen LogP contribution in [0.3, 0.4) is 0 Å². The smallest absolute Gasteiger partial charge is 0.322 e. The van der Waals surface area contributed by atoms with E-state index in [-0.39, 0.29) is 17.9 Å². The van der Waals surface area contributed by atoms with E-state index in [1.54, 1.807) is 24.3 Å². The lowest BCUT2D eigenvalue weighted by Crippen LogP contribution is -2.30. The molecule has 1 aromatic heterocycles. The molecule has 0 atom stereocenters. The van der Waals surface area contributed by atoms with Gasteiger partial charge in [-0.3, -0.25) is 9.59 Å². The number of carbonyl (C=O) groups excluding carboxylic acids is 1. The monoisotopic (exact) mass is 407 g/mol. The van der Waals surface area contributed by atoms with Crippen LogP contribution in [0.5, 0.6) is 28.7 Å². The molecule has 3 aromatic rings. The van der Waals surface area contributed by atoms with Gasteiger partial charge < -0.3 is 29.7 Å². The second-order valence-electron chi connectivity index (χ2n) is 6.17. The lowest BCUT2D eigenvalue weighted by Gasteiger charge is -2.11. The van der Waals surface area contributed by atoms with Crippen LogP contribution in [0.15, 0.2) is 36.4 Å². The predicted molar refractivity (Wildman–Crippen MR) is 101 cm³/mol. The van der Waals surface area contributed by atoms with Gasteiger partial charge in [0, 0.05) is 16.8 Å². The molecule has 4 rings (SSSR count). The molecule has 1 amide bonds. The molecule has 2 aromatic carbocycles. The number of pyridine rings is 1. The Morgan fingerprint density at radius 1 is 1.13 bits per heavy atom. The molecule has 0 bridgehead atoms. The zero-order valence-corrected chi connectivity index (χ0v) is 15.2. The first kappa shape index (κ1) is 18.8. The van der Waals surface area contributed by atoms with E-state index < -0.39 is 29.9 Å². The highest BCUT2D eigenvalue weighted by atomic mass is 16.7. The Morgan fingerprint density at radius 3 is 2.63 bits per heavy atom. The van der Waals surface area contributed by atoms with Crippen LogP contribution in [0.1, 0.15) is 16.2 Å². The van der Waals surface area contributed by atoms with Crippen LogP contribution in [-0.2, 0) is 4.79 Å². The van der Waals surface area contributed by atoms with Crippen molar-refractivity contribution >= 4 is 22.6 Å². The fraction of sp³-hybridized carbons (Fsp3) is 0.100. The molecular weight excluding hydrogens is 394 g/mol. The molecule has 10 heteroatoms. The fourth-order valence-corrected chi connectivity index (χ4v) is 2.90. The number of aromatic nitrogens is 1. The molecule has 0 saturated heterocycles. The fourth-order valence-electron chi connectivity index (χ4n) is 2.90. The number of fused-ring (bicyclic) bond motifs is 2. The molecule has 0 saturated carbocycles. The zero-order valence-electron chi connectivity index (χ0n) is 15.2. The summed E-state index contributed by atoms with van der Waals surface area (Å²) in [7, 11) is 0. The Hall–Kier alpha value is -4.52. The first-order valence-electron chi connectivity index (χ1n) is 8.60. The van der Waals surface area contributed by atoms with Crippen LogP contribution < -0.4 is 19.5 Å². The van der Waals surface area contributed by atoms with Crippen molar-refractivity contribution in [2.24, 2.45) is 0 Å². The molecular formula is C20H13N3O7. The molecule has 0 radical (unpaired) electrons. The van der Waals surface area contributed by atoms with Crippen LogP contribution in [0.25, 0.3) is 10.8 Å². The van der Waals surface area contributed by atoms with Crippen molar-refractivity contribution in [3.63, 3.8) is 0 Å². The first-order chi connectivity index (χ1) is 14.5. The topological polar surface area (TPSA) is 151 Å². The number of aliphatic carboxylic acids is 1. The summed E-state index contributed by atoms with van der Waals surface area (Å²) in [6.07, 6.45) is 0. The lowest BCUT2D eigenvalue weighted by molar-refractivity contribution is -0.135. The highest BCUT2D eigenvalue weighted by Crippen LogP contribution is 2.38. The summed E-state index contributed by atoms with van der Waals surface area (Å²) in [5.74, 6) is -0.776. The predicted octanol–water partition coefficient (Wildman–Crippen LogP) is 2.15. The highest BCUT2D eigenvalue weighted by Gasteiger charge is 2.20. The standard InChI is InChI=1S/C20H13N3O7/c21-7-14-12-3-1-10(30-11-2-4-15-16(6-11)29-9-28-15)5-13(12)19(26)18(23-14)20(27)22-8-17(24)25/h1-6,26H,8-9H2,(H,22,27)(H,24,25). The van der Waals surface area contributed by atoms with Crippen molar-refractivity contribution in [1.29, 1.82) is 5.26 Å². The molecule has 2 heterocycles. The molecule has 0 fully saturated rings. The van der Waals surface area contributed by atoms with Gasteiger partial charge in [0.15, 0.2) is 22.9 Å². The van der Waals surface area contributed by atoms with Gasteiger partial charge in [0.25, 0.3) is 5.91 Å². The molecule has 0 spiro atoms. The lowest BCUT2D eigenvalue weighted by atomic mass is 10.1. The Balaban J connectivity index is 1.72. The van der Waals surface area contributed by atoms with Gasteiger partial charge in [0.1, 0.15) is 29.8 Å². The number of aromatic hydroxyl groups is 1. The normalized spacial score (nSPS) is 11.7. The Labute approximate surface area is 168 Å². The number of hydrogen-bond donors (Lipinski definition) is 3. The maximum Gasteiger partial charge on any atom is 0.322 e. The second-order valence-corrected chi connectivity index (χ2v) is 6.17. The van der Waals surface area contributed by atoms with E-state index in [0.29, 0.717) is 28.4 Å². The summed E-state index contributed by atoms with van der Waals surface area (Å²) < 4.78 is 16.3. The van der Waals surface area contributed by atoms with Crippen molar-refractivity contribution in [3.8, 4) is 34.8 Å². The van der Waals surface area contributed by atoms with Crippen molar-refractivity contribution in [2.45, 2.75) is 0 Å². The zero-order chi connectivity index (χ0) is 21.3. The largest absolute Gasteiger partial charge is 0.505 e. The maximum atomic E-state index is 12.2. The van der Waals surface area contributed by atoms with Crippen LogP contribution in [0, 0.1) is 11.3 Å². The number of benzene rings is 2. The van der Waals surface area contributed by atoms with Crippen molar-refractivity contribution < 1.29 is 34.0 Å². The van der Waals surface area contributed by atoms with Crippen molar-refractivity contribution in [2.75, 3.05) is 13.3 Å². The number of amides is 1. The van der Waals surface area contributed by atoms with Gasteiger partial charge in [-0.15, -0.1) is 0 Å². The minimum absolute atomic E-state index is 0.0992. The molecule has 1 aliphatic rings. The van der Waals surface area contributed by atoms with Gasteiger partial charge in [-0.05, 0) is 30.3 Å². The van der Waals surface area contributed by atoms with Crippen LogP contribution in [0.4, 0.5) is 0 Å². The summed E-state index contributed by atoms with van der Waals surface area (Å²) in [5.41, 5.74) is -0.557. The molecule has 0 unspecified atom stereocenters. The van der Waals surface area contributed by atoms with E-state index in [4.69, 9.17) is 19.3 Å². The molecule has 1 aliphatic heterocycles. The number of nitrogens with one attached hydrogen (secondary N) is 1. The minimum Gasteiger partial charge on any atom is -0.505 e. The Kier molecular flexibility index (Phi) is 4.69. The number of hydrogen-bond acceptors (Lipinski definition) is 8. The Morgan fingerprint density at radius 2 is 1.87 bits per heavy atom. The third-order valence-electron chi connectivity index (χ3n) is 4.25.